The molecular formula is C15H11BrClFO2. The first-order valence-corrected chi connectivity index (χ1v) is 7.31. The van der Waals surface area contributed by atoms with Crippen molar-refractivity contribution in [2.24, 2.45) is 0 Å². The van der Waals surface area contributed by atoms with Crippen molar-refractivity contribution in [3.8, 4) is 5.75 Å². The molecule has 0 fully saturated rings. The van der Waals surface area contributed by atoms with Gasteiger partial charge in [-0.2, -0.15) is 0 Å². The van der Waals surface area contributed by atoms with E-state index in [0.29, 0.717) is 22.8 Å². The highest BCUT2D eigenvalue weighted by atomic mass is 79.9. The molecule has 0 aliphatic carbocycles. The smallest absolute Gasteiger partial charge is 0.128 e. The molecule has 0 aromatic heterocycles. The normalized spacial score (nSPS) is 21.2. The zero-order chi connectivity index (χ0) is 14.3. The molecular weight excluding hydrogens is 347 g/mol. The minimum absolute atomic E-state index is 0.326. The highest BCUT2D eigenvalue weighted by molar-refractivity contribution is 9.10. The number of aliphatic hydroxyl groups excluding tert-OH is 1. The van der Waals surface area contributed by atoms with E-state index in [-0.39, 0.29) is 11.9 Å². The van der Waals surface area contributed by atoms with Crippen molar-refractivity contribution in [1.29, 1.82) is 0 Å². The molecule has 2 atom stereocenters. The first-order valence-electron chi connectivity index (χ1n) is 6.13. The molecule has 5 heteroatoms. The van der Waals surface area contributed by atoms with Crippen LogP contribution in [-0.2, 0) is 0 Å². The fourth-order valence-electron chi connectivity index (χ4n) is 2.33. The fraction of sp³-hybridized carbons (Fsp3) is 0.200. The van der Waals surface area contributed by atoms with Crippen molar-refractivity contribution in [3.05, 3.63) is 62.8 Å². The molecule has 0 radical (unpaired) electrons. The van der Waals surface area contributed by atoms with Gasteiger partial charge in [-0.25, -0.2) is 4.39 Å². The quantitative estimate of drug-likeness (QED) is 0.794. The number of ether oxygens (including phenoxy) is 1. The van der Waals surface area contributed by atoms with Crippen LogP contribution in [0.25, 0.3) is 0 Å². The average Bonchev–Trinajstić information content (AvgIpc) is 2.41. The van der Waals surface area contributed by atoms with Gasteiger partial charge in [0.15, 0.2) is 0 Å². The molecule has 1 aliphatic heterocycles. The van der Waals surface area contributed by atoms with Gasteiger partial charge in [0.25, 0.3) is 0 Å². The zero-order valence-electron chi connectivity index (χ0n) is 10.3. The van der Waals surface area contributed by atoms with Gasteiger partial charge in [-0.3, -0.25) is 0 Å². The Hall–Kier alpha value is -1.10. The maximum Gasteiger partial charge on any atom is 0.128 e. The summed E-state index contributed by atoms with van der Waals surface area (Å²) in [5.74, 6) is 0.00806. The van der Waals surface area contributed by atoms with E-state index in [1.807, 2.05) is 12.1 Å². The molecule has 1 N–H and O–H groups in total. The van der Waals surface area contributed by atoms with Crippen LogP contribution in [0.4, 0.5) is 4.39 Å². The Kier molecular flexibility index (Phi) is 3.71. The number of halogens is 3. The number of aliphatic hydroxyl groups is 1. The Bertz CT molecular complexity index is 662. The molecule has 1 aliphatic rings. The molecule has 0 amide bonds. The summed E-state index contributed by atoms with van der Waals surface area (Å²) in [5, 5.41) is 10.8. The van der Waals surface area contributed by atoms with Crippen LogP contribution in [0.2, 0.25) is 5.02 Å². The van der Waals surface area contributed by atoms with Gasteiger partial charge in [0, 0.05) is 22.5 Å². The number of benzene rings is 2. The van der Waals surface area contributed by atoms with Crippen LogP contribution in [0.15, 0.2) is 40.9 Å². The van der Waals surface area contributed by atoms with Crippen molar-refractivity contribution in [2.45, 2.75) is 18.6 Å². The van der Waals surface area contributed by atoms with Crippen LogP contribution < -0.4 is 4.74 Å². The fourth-order valence-corrected chi connectivity index (χ4v) is 2.85. The van der Waals surface area contributed by atoms with Crippen molar-refractivity contribution < 1.29 is 14.2 Å². The number of fused-ring (bicyclic) bond motifs is 1. The summed E-state index contributed by atoms with van der Waals surface area (Å²) in [5.41, 5.74) is 1.51. The van der Waals surface area contributed by atoms with Crippen LogP contribution in [0, 0.1) is 5.82 Å². The summed E-state index contributed by atoms with van der Waals surface area (Å²) in [4.78, 5) is 0. The Morgan fingerprint density at radius 2 is 2.05 bits per heavy atom. The van der Waals surface area contributed by atoms with Gasteiger partial charge in [0.05, 0.1) is 11.1 Å². The van der Waals surface area contributed by atoms with E-state index >= 15 is 0 Å². The summed E-state index contributed by atoms with van der Waals surface area (Å²) < 4.78 is 19.8. The van der Waals surface area contributed by atoms with Gasteiger partial charge in [-0.1, -0.05) is 17.7 Å². The minimum atomic E-state index is -0.668. The first-order chi connectivity index (χ1) is 9.54. The van der Waals surface area contributed by atoms with Crippen LogP contribution >= 0.6 is 27.5 Å². The van der Waals surface area contributed by atoms with Gasteiger partial charge in [0.2, 0.25) is 0 Å². The molecule has 2 aromatic carbocycles. The predicted octanol–water partition coefficient (Wildman–Crippen LogP) is 4.80. The van der Waals surface area contributed by atoms with Gasteiger partial charge in [-0.05, 0) is 45.8 Å². The SMILES string of the molecule is O[C@H]1CC(c2ccc(Cl)c(Br)c2)Oc2cc(F)ccc21. The van der Waals surface area contributed by atoms with E-state index in [1.165, 1.54) is 12.1 Å². The topological polar surface area (TPSA) is 29.5 Å². The van der Waals surface area contributed by atoms with Crippen LogP contribution in [0.3, 0.4) is 0 Å². The van der Waals surface area contributed by atoms with Crippen LogP contribution in [-0.4, -0.2) is 5.11 Å². The van der Waals surface area contributed by atoms with E-state index in [4.69, 9.17) is 16.3 Å². The van der Waals surface area contributed by atoms with E-state index in [0.717, 1.165) is 10.0 Å². The summed E-state index contributed by atoms with van der Waals surface area (Å²) in [6.07, 6.45) is -0.571. The summed E-state index contributed by atoms with van der Waals surface area (Å²) in [6, 6.07) is 9.64. The highest BCUT2D eigenvalue weighted by Gasteiger charge is 2.28. The summed E-state index contributed by atoms with van der Waals surface area (Å²) in [6.45, 7) is 0. The third-order valence-corrected chi connectivity index (χ3v) is 4.57. The zero-order valence-corrected chi connectivity index (χ0v) is 12.7. The van der Waals surface area contributed by atoms with Crippen molar-refractivity contribution >= 4 is 27.5 Å². The number of rotatable bonds is 1. The predicted molar refractivity (Wildman–Crippen MR) is 78.5 cm³/mol. The van der Waals surface area contributed by atoms with Gasteiger partial charge < -0.3 is 9.84 Å². The number of hydrogen-bond donors (Lipinski definition) is 1. The Balaban J connectivity index is 1.96. The average molecular weight is 358 g/mol. The van der Waals surface area contributed by atoms with Crippen LogP contribution in [0.5, 0.6) is 5.75 Å². The molecule has 1 heterocycles. The molecule has 1 unspecified atom stereocenters. The van der Waals surface area contributed by atoms with E-state index in [1.54, 1.807) is 12.1 Å². The second kappa shape index (κ2) is 5.35. The van der Waals surface area contributed by atoms with E-state index < -0.39 is 6.10 Å². The van der Waals surface area contributed by atoms with Crippen molar-refractivity contribution in [1.82, 2.24) is 0 Å². The van der Waals surface area contributed by atoms with Gasteiger partial charge in [0.1, 0.15) is 17.7 Å². The molecule has 0 bridgehead atoms. The number of hydrogen-bond acceptors (Lipinski definition) is 2. The van der Waals surface area contributed by atoms with Crippen molar-refractivity contribution in [3.63, 3.8) is 0 Å². The lowest BCUT2D eigenvalue weighted by Gasteiger charge is -2.30. The van der Waals surface area contributed by atoms with E-state index in [2.05, 4.69) is 15.9 Å². The Labute approximate surface area is 129 Å². The molecule has 0 saturated heterocycles. The minimum Gasteiger partial charge on any atom is -0.485 e. The van der Waals surface area contributed by atoms with E-state index in [9.17, 15) is 9.50 Å². The largest absolute Gasteiger partial charge is 0.485 e. The molecule has 3 rings (SSSR count). The lowest BCUT2D eigenvalue weighted by atomic mass is 9.95. The van der Waals surface area contributed by atoms with Gasteiger partial charge in [-0.15, -0.1) is 0 Å². The third kappa shape index (κ3) is 2.55. The first kappa shape index (κ1) is 13.9. The maximum absolute atomic E-state index is 13.3. The van der Waals surface area contributed by atoms with Crippen LogP contribution in [0.1, 0.15) is 29.8 Å². The molecule has 0 spiro atoms. The summed E-state index contributed by atoms with van der Waals surface area (Å²) >= 11 is 9.32. The van der Waals surface area contributed by atoms with Gasteiger partial charge >= 0.3 is 0 Å². The Morgan fingerprint density at radius 1 is 1.25 bits per heavy atom. The monoisotopic (exact) mass is 356 g/mol. The summed E-state index contributed by atoms with van der Waals surface area (Å²) in [7, 11) is 0. The maximum atomic E-state index is 13.3. The molecule has 0 saturated carbocycles. The molecule has 20 heavy (non-hydrogen) atoms. The lowest BCUT2D eigenvalue weighted by Crippen LogP contribution is -2.19. The Morgan fingerprint density at radius 3 is 2.80 bits per heavy atom. The third-order valence-electron chi connectivity index (χ3n) is 3.36. The second-order valence-electron chi connectivity index (χ2n) is 4.71. The molecule has 2 aromatic rings. The lowest BCUT2D eigenvalue weighted by molar-refractivity contribution is 0.0653. The molecule has 2 nitrogen and oxygen atoms in total. The standard InChI is InChI=1S/C15H11BrClFO2/c16-11-5-8(1-4-12(11)17)14-7-13(19)10-3-2-9(18)6-15(10)20-14/h1-6,13-14,19H,7H2/t13-,14?/m0/s1. The second-order valence-corrected chi connectivity index (χ2v) is 5.98. The van der Waals surface area contributed by atoms with Crippen molar-refractivity contribution in [2.75, 3.05) is 0 Å². The molecule has 104 valence electrons. The highest BCUT2D eigenvalue weighted by Crippen LogP contribution is 2.41.